The molecule has 0 aliphatic heterocycles. The van der Waals surface area contributed by atoms with Crippen molar-refractivity contribution in [3.63, 3.8) is 0 Å². The molecule has 0 atom stereocenters. The molecule has 3 nitrogen and oxygen atoms in total. The highest BCUT2D eigenvalue weighted by molar-refractivity contribution is 5.94. The summed E-state index contributed by atoms with van der Waals surface area (Å²) in [6, 6.07) is 16.2. The molecule has 1 heterocycles. The average Bonchev–Trinajstić information content (AvgIpc) is 2.53. The first kappa shape index (κ1) is 12.6. The maximum Gasteiger partial charge on any atom is 0.119 e. The van der Waals surface area contributed by atoms with E-state index in [2.05, 4.69) is 23.2 Å². The lowest BCUT2D eigenvalue weighted by atomic mass is 9.97. The van der Waals surface area contributed by atoms with Gasteiger partial charge in [-0.05, 0) is 29.3 Å². The minimum absolute atomic E-state index is 0.468. The van der Waals surface area contributed by atoms with E-state index in [0.717, 1.165) is 33.3 Å². The molecular formula is C17H16N2O. The number of aromatic nitrogens is 1. The lowest BCUT2D eigenvalue weighted by Gasteiger charge is -2.12. The fourth-order valence-electron chi connectivity index (χ4n) is 2.45. The zero-order valence-electron chi connectivity index (χ0n) is 11.3. The number of nitrogens with two attached hydrogens (primary N) is 1. The number of para-hydroxylation sites is 1. The van der Waals surface area contributed by atoms with Crippen LogP contribution in [0.4, 0.5) is 0 Å². The summed E-state index contributed by atoms with van der Waals surface area (Å²) in [6.07, 6.45) is 1.82. The van der Waals surface area contributed by atoms with Gasteiger partial charge in [0, 0.05) is 23.7 Å². The van der Waals surface area contributed by atoms with Crippen LogP contribution in [0.1, 0.15) is 5.56 Å². The predicted molar refractivity (Wildman–Crippen MR) is 81.6 cm³/mol. The predicted octanol–water partition coefficient (Wildman–Crippen LogP) is 3.37. The number of nitrogens with zero attached hydrogens (tertiary/aromatic N) is 1. The monoisotopic (exact) mass is 264 g/mol. The van der Waals surface area contributed by atoms with Crippen LogP contribution < -0.4 is 10.5 Å². The van der Waals surface area contributed by atoms with Crippen LogP contribution in [0.25, 0.3) is 22.0 Å². The van der Waals surface area contributed by atoms with Crippen LogP contribution in [-0.4, -0.2) is 12.1 Å². The quantitative estimate of drug-likeness (QED) is 0.789. The zero-order chi connectivity index (χ0) is 13.9. The van der Waals surface area contributed by atoms with E-state index < -0.39 is 0 Å². The van der Waals surface area contributed by atoms with Crippen molar-refractivity contribution in [2.24, 2.45) is 5.73 Å². The minimum Gasteiger partial charge on any atom is -0.497 e. The molecule has 2 aromatic carbocycles. The first-order chi connectivity index (χ1) is 9.83. The molecule has 0 saturated carbocycles. The first-order valence-electron chi connectivity index (χ1n) is 6.54. The van der Waals surface area contributed by atoms with Gasteiger partial charge in [0.1, 0.15) is 5.75 Å². The summed E-state index contributed by atoms with van der Waals surface area (Å²) in [5, 5.41) is 1.13. The highest BCUT2D eigenvalue weighted by atomic mass is 16.5. The molecule has 0 aliphatic rings. The third kappa shape index (κ3) is 2.12. The number of methoxy groups -OCH3 is 1. The van der Waals surface area contributed by atoms with E-state index in [1.54, 1.807) is 7.11 Å². The van der Waals surface area contributed by atoms with Gasteiger partial charge in [0.2, 0.25) is 0 Å². The Morgan fingerprint density at radius 2 is 1.90 bits per heavy atom. The van der Waals surface area contributed by atoms with Crippen LogP contribution in [0.15, 0.2) is 54.7 Å². The van der Waals surface area contributed by atoms with E-state index in [1.807, 2.05) is 36.5 Å². The van der Waals surface area contributed by atoms with Crippen LogP contribution in [0, 0.1) is 0 Å². The highest BCUT2D eigenvalue weighted by Crippen LogP contribution is 2.31. The van der Waals surface area contributed by atoms with Crippen molar-refractivity contribution in [3.05, 3.63) is 60.3 Å². The molecule has 0 saturated heterocycles. The van der Waals surface area contributed by atoms with Gasteiger partial charge >= 0.3 is 0 Å². The van der Waals surface area contributed by atoms with Crippen LogP contribution in [0.3, 0.4) is 0 Å². The maximum absolute atomic E-state index is 5.88. The molecule has 3 aromatic rings. The third-order valence-corrected chi connectivity index (χ3v) is 3.46. The van der Waals surface area contributed by atoms with E-state index in [1.165, 1.54) is 0 Å². The van der Waals surface area contributed by atoms with E-state index in [9.17, 15) is 0 Å². The van der Waals surface area contributed by atoms with Crippen molar-refractivity contribution in [1.82, 2.24) is 4.98 Å². The summed E-state index contributed by atoms with van der Waals surface area (Å²) in [5.74, 6) is 0.822. The van der Waals surface area contributed by atoms with Crippen LogP contribution in [0.2, 0.25) is 0 Å². The second-order valence-electron chi connectivity index (χ2n) is 4.61. The summed E-state index contributed by atoms with van der Waals surface area (Å²) >= 11 is 0. The topological polar surface area (TPSA) is 48.1 Å². The summed E-state index contributed by atoms with van der Waals surface area (Å²) < 4.78 is 5.26. The summed E-state index contributed by atoms with van der Waals surface area (Å²) in [6.45, 7) is 0.468. The Hall–Kier alpha value is -2.39. The van der Waals surface area contributed by atoms with Crippen LogP contribution in [0.5, 0.6) is 5.75 Å². The van der Waals surface area contributed by atoms with Crippen molar-refractivity contribution in [3.8, 4) is 16.9 Å². The second-order valence-corrected chi connectivity index (χ2v) is 4.61. The summed E-state index contributed by atoms with van der Waals surface area (Å²) in [4.78, 5) is 4.50. The highest BCUT2D eigenvalue weighted by Gasteiger charge is 2.09. The molecular weight excluding hydrogens is 248 g/mol. The number of hydrogen-bond donors (Lipinski definition) is 1. The normalized spacial score (nSPS) is 10.7. The van der Waals surface area contributed by atoms with Crippen molar-refractivity contribution >= 4 is 10.9 Å². The third-order valence-electron chi connectivity index (χ3n) is 3.46. The Bertz CT molecular complexity index is 748. The standard InChI is InChI=1S/C17H16N2O/c1-20-14-7-8-15(13(10-14)11-18)16-6-2-4-12-5-3-9-19-17(12)16/h2-10H,11,18H2,1H3. The van der Waals surface area contributed by atoms with E-state index >= 15 is 0 Å². The molecule has 0 spiro atoms. The largest absolute Gasteiger partial charge is 0.497 e. The number of fused-ring (bicyclic) bond motifs is 1. The zero-order valence-corrected chi connectivity index (χ0v) is 11.3. The number of hydrogen-bond acceptors (Lipinski definition) is 3. The molecule has 100 valence electrons. The molecule has 0 amide bonds. The maximum atomic E-state index is 5.88. The summed E-state index contributed by atoms with van der Waals surface area (Å²) in [5.41, 5.74) is 10.1. The van der Waals surface area contributed by atoms with Gasteiger partial charge in [0.05, 0.1) is 12.6 Å². The average molecular weight is 264 g/mol. The molecule has 1 aromatic heterocycles. The van der Waals surface area contributed by atoms with E-state index in [4.69, 9.17) is 10.5 Å². The van der Waals surface area contributed by atoms with Crippen molar-refractivity contribution in [2.75, 3.05) is 7.11 Å². The van der Waals surface area contributed by atoms with Gasteiger partial charge in [-0.25, -0.2) is 0 Å². The van der Waals surface area contributed by atoms with Gasteiger partial charge in [-0.15, -0.1) is 0 Å². The van der Waals surface area contributed by atoms with Gasteiger partial charge in [-0.1, -0.05) is 30.3 Å². The van der Waals surface area contributed by atoms with Gasteiger partial charge in [0.15, 0.2) is 0 Å². The molecule has 0 fully saturated rings. The molecule has 0 bridgehead atoms. The number of pyridine rings is 1. The van der Waals surface area contributed by atoms with Crippen molar-refractivity contribution < 1.29 is 4.74 Å². The Balaban J connectivity index is 2.25. The van der Waals surface area contributed by atoms with Gasteiger partial charge in [0.25, 0.3) is 0 Å². The van der Waals surface area contributed by atoms with Crippen LogP contribution in [-0.2, 0) is 6.54 Å². The lowest BCUT2D eigenvalue weighted by Crippen LogP contribution is -2.00. The van der Waals surface area contributed by atoms with Crippen LogP contribution >= 0.6 is 0 Å². The van der Waals surface area contributed by atoms with Gasteiger partial charge in [-0.3, -0.25) is 4.98 Å². The van der Waals surface area contributed by atoms with Crippen molar-refractivity contribution in [2.45, 2.75) is 6.54 Å². The SMILES string of the molecule is COc1ccc(-c2cccc3cccnc23)c(CN)c1. The Labute approximate surface area is 118 Å². The minimum atomic E-state index is 0.468. The Morgan fingerprint density at radius 1 is 1.05 bits per heavy atom. The molecule has 3 rings (SSSR count). The van der Waals surface area contributed by atoms with Gasteiger partial charge < -0.3 is 10.5 Å². The molecule has 2 N–H and O–H groups in total. The number of benzene rings is 2. The lowest BCUT2D eigenvalue weighted by molar-refractivity contribution is 0.414. The molecule has 0 aliphatic carbocycles. The molecule has 0 unspecified atom stereocenters. The Morgan fingerprint density at radius 3 is 2.70 bits per heavy atom. The molecule has 0 radical (unpaired) electrons. The summed E-state index contributed by atoms with van der Waals surface area (Å²) in [7, 11) is 1.66. The fraction of sp³-hybridized carbons (Fsp3) is 0.118. The second kappa shape index (κ2) is 5.31. The number of ether oxygens (including phenoxy) is 1. The fourth-order valence-corrected chi connectivity index (χ4v) is 2.45. The first-order valence-corrected chi connectivity index (χ1v) is 6.54. The van der Waals surface area contributed by atoms with Crippen molar-refractivity contribution in [1.29, 1.82) is 0 Å². The van der Waals surface area contributed by atoms with Gasteiger partial charge in [-0.2, -0.15) is 0 Å². The molecule has 3 heteroatoms. The Kier molecular flexibility index (Phi) is 3.35. The molecule has 20 heavy (non-hydrogen) atoms. The van der Waals surface area contributed by atoms with E-state index in [-0.39, 0.29) is 0 Å². The van der Waals surface area contributed by atoms with E-state index in [0.29, 0.717) is 6.54 Å². The number of rotatable bonds is 3. The smallest absolute Gasteiger partial charge is 0.119 e.